The fraction of sp³-hybridized carbons (Fsp3) is 0.824. The van der Waals surface area contributed by atoms with Crippen molar-refractivity contribution in [3.63, 3.8) is 0 Å². The Morgan fingerprint density at radius 1 is 1.24 bits per heavy atom. The first kappa shape index (κ1) is 15.0. The van der Waals surface area contributed by atoms with Crippen molar-refractivity contribution >= 4 is 5.91 Å². The van der Waals surface area contributed by atoms with Gasteiger partial charge < -0.3 is 14.4 Å². The van der Waals surface area contributed by atoms with Crippen molar-refractivity contribution in [3.8, 4) is 0 Å². The molecule has 2 heterocycles. The number of hydrogen-bond acceptors (Lipinski definition) is 3. The molecule has 0 N–H and O–H groups in total. The van der Waals surface area contributed by atoms with Gasteiger partial charge >= 0.3 is 0 Å². The number of carbonyl (C=O) groups is 1. The number of hydrogen-bond donors (Lipinski definition) is 0. The first-order chi connectivity index (χ1) is 10.3. The highest BCUT2D eigenvalue weighted by Crippen LogP contribution is 2.23. The highest BCUT2D eigenvalue weighted by atomic mass is 16.5. The lowest BCUT2D eigenvalue weighted by Gasteiger charge is -2.33. The Morgan fingerprint density at radius 3 is 2.76 bits per heavy atom. The SMILES string of the molecule is O=C(C[C@@H]1C=CCC1)N1CCC(OC[C@H]2CCOC2)CC1. The monoisotopic (exact) mass is 293 g/mol. The second-order valence-corrected chi connectivity index (χ2v) is 6.61. The molecule has 21 heavy (non-hydrogen) atoms. The van der Waals surface area contributed by atoms with Crippen molar-refractivity contribution in [2.24, 2.45) is 11.8 Å². The summed E-state index contributed by atoms with van der Waals surface area (Å²) < 4.78 is 11.4. The fourth-order valence-electron chi connectivity index (χ4n) is 3.48. The molecule has 1 aliphatic carbocycles. The van der Waals surface area contributed by atoms with E-state index in [1.54, 1.807) is 0 Å². The van der Waals surface area contributed by atoms with Gasteiger partial charge in [0.25, 0.3) is 0 Å². The molecule has 0 saturated carbocycles. The standard InChI is InChI=1S/C17H27NO3/c19-17(11-14-3-1-2-4-14)18-8-5-16(6-9-18)21-13-15-7-10-20-12-15/h1,3,14-16H,2,4-13H2/t14-,15+/m1/s1. The third kappa shape index (κ3) is 4.30. The zero-order valence-corrected chi connectivity index (χ0v) is 12.8. The molecule has 0 aromatic rings. The number of allylic oxidation sites excluding steroid dienone is 2. The third-order valence-electron chi connectivity index (χ3n) is 4.94. The van der Waals surface area contributed by atoms with Gasteiger partial charge in [-0.2, -0.15) is 0 Å². The third-order valence-corrected chi connectivity index (χ3v) is 4.94. The molecule has 3 rings (SSSR count). The minimum atomic E-state index is 0.328. The first-order valence-corrected chi connectivity index (χ1v) is 8.45. The van der Waals surface area contributed by atoms with Crippen LogP contribution in [0, 0.1) is 11.8 Å². The van der Waals surface area contributed by atoms with E-state index in [1.165, 1.54) is 0 Å². The number of carbonyl (C=O) groups excluding carboxylic acids is 1. The van der Waals surface area contributed by atoms with Gasteiger partial charge in [0.2, 0.25) is 5.91 Å². The summed E-state index contributed by atoms with van der Waals surface area (Å²) in [6.07, 6.45) is 10.8. The molecular formula is C17H27NO3. The van der Waals surface area contributed by atoms with Gasteiger partial charge in [-0.15, -0.1) is 0 Å². The largest absolute Gasteiger partial charge is 0.381 e. The summed E-state index contributed by atoms with van der Waals surface area (Å²) in [4.78, 5) is 14.3. The van der Waals surface area contributed by atoms with Gasteiger partial charge in [0, 0.05) is 32.0 Å². The Bertz CT molecular complexity index is 368. The number of likely N-dealkylation sites (tertiary alicyclic amines) is 1. The van der Waals surface area contributed by atoms with E-state index in [1.807, 2.05) is 4.90 Å². The summed E-state index contributed by atoms with van der Waals surface area (Å²) in [5.41, 5.74) is 0. The average Bonchev–Trinajstić information content (AvgIpc) is 3.19. The maximum absolute atomic E-state index is 12.3. The molecule has 2 atom stereocenters. The second-order valence-electron chi connectivity index (χ2n) is 6.61. The molecule has 1 amide bonds. The molecule has 2 saturated heterocycles. The van der Waals surface area contributed by atoms with E-state index in [0.29, 0.717) is 30.3 Å². The smallest absolute Gasteiger partial charge is 0.223 e. The van der Waals surface area contributed by atoms with Crippen LogP contribution in [0.15, 0.2) is 12.2 Å². The van der Waals surface area contributed by atoms with Crippen molar-refractivity contribution in [1.29, 1.82) is 0 Å². The molecule has 0 aromatic heterocycles. The zero-order chi connectivity index (χ0) is 14.5. The van der Waals surface area contributed by atoms with Gasteiger partial charge in [-0.05, 0) is 38.0 Å². The Morgan fingerprint density at radius 2 is 2.10 bits per heavy atom. The summed E-state index contributed by atoms with van der Waals surface area (Å²) in [5, 5.41) is 0. The normalized spacial score (nSPS) is 30.2. The molecular weight excluding hydrogens is 266 g/mol. The van der Waals surface area contributed by atoms with E-state index in [9.17, 15) is 4.79 Å². The van der Waals surface area contributed by atoms with Crippen LogP contribution in [0.4, 0.5) is 0 Å². The highest BCUT2D eigenvalue weighted by molar-refractivity contribution is 5.76. The number of amides is 1. The molecule has 0 spiro atoms. The second kappa shape index (κ2) is 7.41. The predicted octanol–water partition coefficient (Wildman–Crippen LogP) is 2.39. The Hall–Kier alpha value is -0.870. The zero-order valence-electron chi connectivity index (χ0n) is 12.8. The Balaban J connectivity index is 1.34. The van der Waals surface area contributed by atoms with Crippen LogP contribution in [0.2, 0.25) is 0 Å². The van der Waals surface area contributed by atoms with Crippen LogP contribution in [0.25, 0.3) is 0 Å². The van der Waals surface area contributed by atoms with Crippen molar-refractivity contribution in [2.75, 3.05) is 32.9 Å². The van der Waals surface area contributed by atoms with Crippen LogP contribution in [0.5, 0.6) is 0 Å². The van der Waals surface area contributed by atoms with E-state index in [4.69, 9.17) is 9.47 Å². The first-order valence-electron chi connectivity index (χ1n) is 8.45. The molecule has 4 heteroatoms. The van der Waals surface area contributed by atoms with E-state index in [-0.39, 0.29) is 0 Å². The van der Waals surface area contributed by atoms with Crippen molar-refractivity contribution in [1.82, 2.24) is 4.90 Å². The van der Waals surface area contributed by atoms with Crippen LogP contribution in [0.1, 0.15) is 38.5 Å². The molecule has 2 aliphatic heterocycles. The fourth-order valence-corrected chi connectivity index (χ4v) is 3.48. The average molecular weight is 293 g/mol. The molecule has 0 aromatic carbocycles. The van der Waals surface area contributed by atoms with Gasteiger partial charge in [0.05, 0.1) is 19.3 Å². The van der Waals surface area contributed by atoms with E-state index >= 15 is 0 Å². The predicted molar refractivity (Wildman–Crippen MR) is 81.0 cm³/mol. The number of ether oxygens (including phenoxy) is 2. The summed E-state index contributed by atoms with van der Waals surface area (Å²) in [7, 11) is 0. The van der Waals surface area contributed by atoms with Gasteiger partial charge in [-0.1, -0.05) is 12.2 Å². The van der Waals surface area contributed by atoms with Gasteiger partial charge in [-0.3, -0.25) is 4.79 Å². The van der Waals surface area contributed by atoms with E-state index in [2.05, 4.69) is 12.2 Å². The van der Waals surface area contributed by atoms with Gasteiger partial charge in [0.1, 0.15) is 0 Å². The van der Waals surface area contributed by atoms with Crippen molar-refractivity contribution in [2.45, 2.75) is 44.6 Å². The molecule has 0 unspecified atom stereocenters. The van der Waals surface area contributed by atoms with Crippen LogP contribution < -0.4 is 0 Å². The maximum atomic E-state index is 12.3. The summed E-state index contributed by atoms with van der Waals surface area (Å²) in [6, 6.07) is 0. The molecule has 0 bridgehead atoms. The summed E-state index contributed by atoms with van der Waals surface area (Å²) >= 11 is 0. The van der Waals surface area contributed by atoms with Crippen molar-refractivity contribution < 1.29 is 14.3 Å². The summed E-state index contributed by atoms with van der Waals surface area (Å²) in [6.45, 7) is 4.29. The van der Waals surface area contributed by atoms with Crippen LogP contribution in [-0.2, 0) is 14.3 Å². The Labute approximate surface area is 127 Å². The molecule has 3 aliphatic rings. The van der Waals surface area contributed by atoms with Crippen LogP contribution >= 0.6 is 0 Å². The van der Waals surface area contributed by atoms with Crippen molar-refractivity contribution in [3.05, 3.63) is 12.2 Å². The quantitative estimate of drug-likeness (QED) is 0.731. The number of nitrogens with zero attached hydrogens (tertiary/aromatic N) is 1. The number of rotatable bonds is 5. The minimum absolute atomic E-state index is 0.328. The molecule has 118 valence electrons. The lowest BCUT2D eigenvalue weighted by molar-refractivity contribution is -0.134. The molecule has 2 fully saturated rings. The van der Waals surface area contributed by atoms with Crippen LogP contribution in [0.3, 0.4) is 0 Å². The topological polar surface area (TPSA) is 38.8 Å². The van der Waals surface area contributed by atoms with E-state index in [0.717, 1.165) is 65.0 Å². The minimum Gasteiger partial charge on any atom is -0.381 e. The van der Waals surface area contributed by atoms with Gasteiger partial charge in [0.15, 0.2) is 0 Å². The van der Waals surface area contributed by atoms with Gasteiger partial charge in [-0.25, -0.2) is 0 Å². The summed E-state index contributed by atoms with van der Waals surface area (Å²) in [5.74, 6) is 1.39. The van der Waals surface area contributed by atoms with E-state index < -0.39 is 0 Å². The Kier molecular flexibility index (Phi) is 5.31. The molecule has 4 nitrogen and oxygen atoms in total. The maximum Gasteiger partial charge on any atom is 0.223 e. The number of piperidine rings is 1. The lowest BCUT2D eigenvalue weighted by Crippen LogP contribution is -2.41. The molecule has 0 radical (unpaired) electrons. The van der Waals surface area contributed by atoms with Crippen LogP contribution in [-0.4, -0.2) is 49.8 Å². The lowest BCUT2D eigenvalue weighted by atomic mass is 10.0. The highest BCUT2D eigenvalue weighted by Gasteiger charge is 2.26.